The van der Waals surface area contributed by atoms with Crippen LogP contribution in [0.1, 0.15) is 0 Å². The second-order valence-electron chi connectivity index (χ2n) is 5.22. The summed E-state index contributed by atoms with van der Waals surface area (Å²) in [6.45, 7) is 0.109. The van der Waals surface area contributed by atoms with Gasteiger partial charge in [0.25, 0.3) is 10.1 Å². The van der Waals surface area contributed by atoms with Crippen LogP contribution in [-0.2, 0) is 20.0 Å². The van der Waals surface area contributed by atoms with Crippen molar-refractivity contribution in [3.63, 3.8) is 0 Å². The van der Waals surface area contributed by atoms with Crippen molar-refractivity contribution in [1.29, 1.82) is 0 Å². The number of hydrogen-bond acceptors (Lipinski definition) is 5. The Kier molecular flexibility index (Phi) is 6.45. The molecule has 0 bridgehead atoms. The quantitative estimate of drug-likeness (QED) is 0.538. The Bertz CT molecular complexity index is 915. The largest absolute Gasteiger partial charge is 0.340 e. The highest BCUT2D eigenvalue weighted by Gasteiger charge is 2.17. The molecule has 0 atom stereocenters. The number of halogens is 1. The van der Waals surface area contributed by atoms with E-state index in [1.54, 1.807) is 35.2 Å². The predicted octanol–water partition coefficient (Wildman–Crippen LogP) is 2.53. The smallest absolute Gasteiger partial charge is 0.294 e. The summed E-state index contributed by atoms with van der Waals surface area (Å²) in [5.74, 6) is -0.259. The average Bonchev–Trinajstić information content (AvgIpc) is 2.55. The molecule has 0 saturated heterocycles. The molecule has 0 spiro atoms. The van der Waals surface area contributed by atoms with E-state index < -0.39 is 20.0 Å². The van der Waals surface area contributed by atoms with E-state index in [0.29, 0.717) is 11.4 Å². The molecule has 0 aliphatic rings. The molecule has 0 aliphatic heterocycles. The van der Waals surface area contributed by atoms with E-state index in [0.717, 1.165) is 0 Å². The van der Waals surface area contributed by atoms with Gasteiger partial charge in [-0.05, 0) is 36.4 Å². The highest BCUT2D eigenvalue weighted by Crippen LogP contribution is 2.27. The molecular formula is C16H17ClNO5S2. The van der Waals surface area contributed by atoms with E-state index in [4.69, 9.17) is 11.6 Å². The maximum absolute atomic E-state index is 12.0. The minimum atomic E-state index is -4.36. The van der Waals surface area contributed by atoms with Crippen molar-refractivity contribution in [3.8, 4) is 0 Å². The number of rotatable bonds is 8. The van der Waals surface area contributed by atoms with Crippen molar-refractivity contribution in [1.82, 2.24) is 0 Å². The monoisotopic (exact) mass is 402 g/mol. The molecule has 9 heteroatoms. The molecule has 0 unspecified atom stereocenters. The third kappa shape index (κ3) is 5.71. The number of anilines is 2. The second-order valence-corrected chi connectivity index (χ2v) is 9.33. The summed E-state index contributed by atoms with van der Waals surface area (Å²) >= 11 is 5.51. The lowest BCUT2D eigenvalue weighted by molar-refractivity contribution is 0.483. The summed E-state index contributed by atoms with van der Waals surface area (Å²) in [6, 6.07) is 15.3. The van der Waals surface area contributed by atoms with E-state index in [2.05, 4.69) is 6.07 Å². The maximum atomic E-state index is 12.0. The first-order chi connectivity index (χ1) is 11.7. The first-order valence-corrected chi connectivity index (χ1v) is 11.1. The Balaban J connectivity index is 2.39. The zero-order chi connectivity index (χ0) is 18.5. The Labute approximate surface area is 152 Å². The van der Waals surface area contributed by atoms with Gasteiger partial charge in [0.2, 0.25) is 0 Å². The van der Waals surface area contributed by atoms with Crippen molar-refractivity contribution in [2.75, 3.05) is 28.8 Å². The number of benzene rings is 2. The van der Waals surface area contributed by atoms with Crippen LogP contribution in [0.25, 0.3) is 0 Å². The standard InChI is InChI=1S/C16H17ClNO5S2/c17-9-11-24(19,20)12-10-18(14-5-2-1-3-6-14)15-7-4-8-16(13-15)25(21,22)23/h2-8,13H,9-12H2,(H,21,22,23). The van der Waals surface area contributed by atoms with Gasteiger partial charge in [0.15, 0.2) is 9.84 Å². The van der Waals surface area contributed by atoms with Crippen molar-refractivity contribution >= 4 is 42.9 Å². The zero-order valence-electron chi connectivity index (χ0n) is 13.2. The lowest BCUT2D eigenvalue weighted by Gasteiger charge is -2.25. The predicted molar refractivity (Wildman–Crippen MR) is 97.9 cm³/mol. The molecule has 0 aromatic heterocycles. The van der Waals surface area contributed by atoms with Gasteiger partial charge in [-0.3, -0.25) is 4.55 Å². The molecule has 0 aliphatic carbocycles. The molecule has 6 nitrogen and oxygen atoms in total. The Morgan fingerprint density at radius 3 is 2.28 bits per heavy atom. The van der Waals surface area contributed by atoms with Crippen LogP contribution in [0, 0.1) is 6.07 Å². The molecule has 0 heterocycles. The summed E-state index contributed by atoms with van der Waals surface area (Å²) in [5.41, 5.74) is 1.12. The minimum Gasteiger partial charge on any atom is -0.340 e. The summed E-state index contributed by atoms with van der Waals surface area (Å²) < 4.78 is 55.9. The van der Waals surface area contributed by atoms with Gasteiger partial charge in [0.1, 0.15) is 0 Å². The lowest BCUT2D eigenvalue weighted by atomic mass is 10.2. The van der Waals surface area contributed by atoms with Crippen LogP contribution < -0.4 is 4.90 Å². The fraction of sp³-hybridized carbons (Fsp3) is 0.250. The van der Waals surface area contributed by atoms with Crippen LogP contribution in [0.4, 0.5) is 11.4 Å². The van der Waals surface area contributed by atoms with Crippen LogP contribution in [0.2, 0.25) is 0 Å². The number of sulfone groups is 1. The molecule has 135 valence electrons. The molecule has 0 amide bonds. The van der Waals surface area contributed by atoms with Gasteiger partial charge in [-0.1, -0.05) is 18.2 Å². The van der Waals surface area contributed by atoms with Crippen LogP contribution in [0.3, 0.4) is 0 Å². The van der Waals surface area contributed by atoms with Gasteiger partial charge < -0.3 is 4.90 Å². The van der Waals surface area contributed by atoms with E-state index in [9.17, 15) is 21.4 Å². The van der Waals surface area contributed by atoms with Gasteiger partial charge in [-0.2, -0.15) is 8.42 Å². The highest BCUT2D eigenvalue weighted by molar-refractivity contribution is 7.91. The van der Waals surface area contributed by atoms with Crippen molar-refractivity contribution in [3.05, 3.63) is 54.6 Å². The van der Waals surface area contributed by atoms with E-state index in [-0.39, 0.29) is 28.8 Å². The molecule has 2 rings (SSSR count). The normalized spacial score (nSPS) is 12.1. The third-order valence-corrected chi connectivity index (χ3v) is 6.35. The fourth-order valence-corrected chi connectivity index (χ4v) is 4.35. The van der Waals surface area contributed by atoms with Crippen LogP contribution in [0.5, 0.6) is 0 Å². The van der Waals surface area contributed by atoms with Crippen molar-refractivity contribution in [2.24, 2.45) is 0 Å². The molecule has 2 aromatic carbocycles. The fourth-order valence-electron chi connectivity index (χ4n) is 2.23. The molecule has 2 aromatic rings. The number of alkyl halides is 1. The number of hydrogen-bond donors (Lipinski definition) is 1. The second kappa shape index (κ2) is 8.18. The molecule has 25 heavy (non-hydrogen) atoms. The van der Waals surface area contributed by atoms with Gasteiger partial charge in [-0.15, -0.1) is 11.6 Å². The molecule has 1 radical (unpaired) electrons. The van der Waals surface area contributed by atoms with Crippen molar-refractivity contribution in [2.45, 2.75) is 4.90 Å². The molecular weight excluding hydrogens is 386 g/mol. The molecule has 0 saturated carbocycles. The van der Waals surface area contributed by atoms with Crippen LogP contribution in [0.15, 0.2) is 53.4 Å². The Morgan fingerprint density at radius 1 is 1.00 bits per heavy atom. The molecule has 0 fully saturated rings. The highest BCUT2D eigenvalue weighted by atomic mass is 35.5. The van der Waals surface area contributed by atoms with Gasteiger partial charge >= 0.3 is 0 Å². The maximum Gasteiger partial charge on any atom is 0.294 e. The zero-order valence-corrected chi connectivity index (χ0v) is 15.6. The van der Waals surface area contributed by atoms with E-state index >= 15 is 0 Å². The van der Waals surface area contributed by atoms with Crippen LogP contribution >= 0.6 is 11.6 Å². The summed E-state index contributed by atoms with van der Waals surface area (Å²) in [4.78, 5) is 1.40. The summed E-state index contributed by atoms with van der Waals surface area (Å²) in [6.07, 6.45) is 0. The topological polar surface area (TPSA) is 91.8 Å². The first kappa shape index (κ1) is 19.7. The Hall–Kier alpha value is -1.61. The molecule has 1 N–H and O–H groups in total. The van der Waals surface area contributed by atoms with Crippen LogP contribution in [-0.4, -0.2) is 45.3 Å². The van der Waals surface area contributed by atoms with E-state index in [1.807, 2.05) is 0 Å². The SMILES string of the molecule is O=S(=O)(CCCl)CCN(c1cc[c]cc1)c1cccc(S(=O)(=O)O)c1. The van der Waals surface area contributed by atoms with Gasteiger partial charge in [0, 0.05) is 23.8 Å². The number of nitrogens with zero attached hydrogens (tertiary/aromatic N) is 1. The van der Waals surface area contributed by atoms with Gasteiger partial charge in [-0.25, -0.2) is 8.42 Å². The summed E-state index contributed by atoms with van der Waals surface area (Å²) in [5, 5.41) is 0. The lowest BCUT2D eigenvalue weighted by Crippen LogP contribution is -2.26. The minimum absolute atomic E-state index is 0.0148. The first-order valence-electron chi connectivity index (χ1n) is 7.30. The van der Waals surface area contributed by atoms with E-state index in [1.165, 1.54) is 18.2 Å². The summed E-state index contributed by atoms with van der Waals surface area (Å²) in [7, 11) is -7.69. The third-order valence-electron chi connectivity index (χ3n) is 3.45. The van der Waals surface area contributed by atoms with Gasteiger partial charge in [0.05, 0.1) is 16.4 Å². The average molecular weight is 403 g/mol. The van der Waals surface area contributed by atoms with Crippen molar-refractivity contribution < 1.29 is 21.4 Å². The Morgan fingerprint density at radius 2 is 1.68 bits per heavy atom.